The van der Waals surface area contributed by atoms with Gasteiger partial charge in [0.15, 0.2) is 0 Å². The highest BCUT2D eigenvalue weighted by Gasteiger charge is 2.38. The average Bonchev–Trinajstić information content (AvgIpc) is 2.23. The van der Waals surface area contributed by atoms with Crippen LogP contribution in [-0.4, -0.2) is 79.4 Å². The fourth-order valence-electron chi connectivity index (χ4n) is 1.35. The number of hydrogen-bond donors (Lipinski definition) is 0. The van der Waals surface area contributed by atoms with Crippen molar-refractivity contribution < 1.29 is 9.59 Å². The van der Waals surface area contributed by atoms with E-state index in [0.29, 0.717) is 0 Å². The summed E-state index contributed by atoms with van der Waals surface area (Å²) in [6.45, 7) is 0. The molecule has 1 heterocycles. The Morgan fingerprint density at radius 3 is 2.31 bits per heavy atom. The standard InChI is InChI=1S/C9H17N5O2/c1-11(2)10-6-7-8(15)12(3)9(16)14(5)13(7)4/h6-7H,1-5H3/b10-6-/t7-/m0/s1. The molecular formula is C9H17N5O2. The SMILES string of the molecule is CN(C)/N=C\[C@H]1C(=O)N(C)C(=O)N(C)N1C. The first-order chi connectivity index (χ1) is 7.36. The van der Waals surface area contributed by atoms with Crippen LogP contribution >= 0.6 is 0 Å². The van der Waals surface area contributed by atoms with Crippen molar-refractivity contribution in [1.82, 2.24) is 19.9 Å². The van der Waals surface area contributed by atoms with E-state index in [-0.39, 0.29) is 11.9 Å². The summed E-state index contributed by atoms with van der Waals surface area (Å²) in [6, 6.07) is -0.892. The Labute approximate surface area is 94.9 Å². The third-order valence-corrected chi connectivity index (χ3v) is 2.46. The Morgan fingerprint density at radius 2 is 1.81 bits per heavy atom. The van der Waals surface area contributed by atoms with Crippen molar-refractivity contribution in [3.63, 3.8) is 0 Å². The van der Waals surface area contributed by atoms with Crippen LogP contribution < -0.4 is 0 Å². The minimum absolute atomic E-state index is 0.281. The molecule has 0 aliphatic carbocycles. The lowest BCUT2D eigenvalue weighted by Gasteiger charge is -2.40. The summed E-state index contributed by atoms with van der Waals surface area (Å²) in [5.74, 6) is -0.281. The molecule has 3 amide bonds. The number of carbonyl (C=O) groups is 2. The molecule has 0 bridgehead atoms. The van der Waals surface area contributed by atoms with E-state index >= 15 is 0 Å². The molecule has 1 rings (SSSR count). The average molecular weight is 227 g/mol. The van der Waals surface area contributed by atoms with Crippen LogP contribution in [0.4, 0.5) is 4.79 Å². The normalized spacial score (nSPS) is 23.4. The Bertz CT molecular complexity index is 328. The van der Waals surface area contributed by atoms with Crippen LogP contribution in [-0.2, 0) is 4.79 Å². The zero-order valence-electron chi connectivity index (χ0n) is 10.2. The molecule has 0 aromatic rings. The summed E-state index contributed by atoms with van der Waals surface area (Å²) in [5.41, 5.74) is 0. The van der Waals surface area contributed by atoms with Crippen molar-refractivity contribution >= 4 is 18.2 Å². The summed E-state index contributed by atoms with van der Waals surface area (Å²) in [6.07, 6.45) is 1.52. The molecule has 90 valence electrons. The molecule has 0 aromatic heterocycles. The molecule has 1 atom stereocenters. The van der Waals surface area contributed by atoms with Gasteiger partial charge in [-0.1, -0.05) is 0 Å². The van der Waals surface area contributed by atoms with Crippen LogP contribution in [0.5, 0.6) is 0 Å². The lowest BCUT2D eigenvalue weighted by molar-refractivity contribution is -0.140. The van der Waals surface area contributed by atoms with Crippen LogP contribution in [0, 0.1) is 0 Å². The molecule has 1 aliphatic heterocycles. The minimum atomic E-state index is -0.546. The van der Waals surface area contributed by atoms with Gasteiger partial charge in [-0.05, 0) is 0 Å². The third kappa shape index (κ3) is 2.13. The number of imide groups is 1. The molecule has 7 nitrogen and oxygen atoms in total. The Morgan fingerprint density at radius 1 is 1.25 bits per heavy atom. The van der Waals surface area contributed by atoms with E-state index < -0.39 is 6.04 Å². The Kier molecular flexibility index (Phi) is 3.48. The molecule has 0 spiro atoms. The maximum Gasteiger partial charge on any atom is 0.340 e. The van der Waals surface area contributed by atoms with Crippen LogP contribution in [0.2, 0.25) is 0 Å². The van der Waals surface area contributed by atoms with E-state index in [0.717, 1.165) is 4.90 Å². The number of amides is 3. The van der Waals surface area contributed by atoms with Crippen LogP contribution in [0.1, 0.15) is 0 Å². The van der Waals surface area contributed by atoms with Crippen LogP contribution in [0.3, 0.4) is 0 Å². The van der Waals surface area contributed by atoms with E-state index in [1.54, 1.807) is 38.2 Å². The molecule has 0 N–H and O–H groups in total. The van der Waals surface area contributed by atoms with E-state index in [4.69, 9.17) is 0 Å². The predicted molar refractivity (Wildman–Crippen MR) is 59.7 cm³/mol. The summed E-state index contributed by atoms with van der Waals surface area (Å²) in [7, 11) is 8.28. The number of rotatable bonds is 2. The van der Waals surface area contributed by atoms with Gasteiger partial charge in [-0.25, -0.2) is 9.80 Å². The fourth-order valence-corrected chi connectivity index (χ4v) is 1.35. The summed E-state index contributed by atoms with van der Waals surface area (Å²) in [5, 5.41) is 8.55. The van der Waals surface area contributed by atoms with E-state index in [1.807, 2.05) is 0 Å². The van der Waals surface area contributed by atoms with Crippen LogP contribution in [0.15, 0.2) is 5.10 Å². The van der Waals surface area contributed by atoms with Crippen molar-refractivity contribution in [3.05, 3.63) is 0 Å². The first kappa shape index (κ1) is 12.4. The lowest BCUT2D eigenvalue weighted by Crippen LogP contribution is -2.64. The number of urea groups is 1. The van der Waals surface area contributed by atoms with Crippen molar-refractivity contribution in [2.75, 3.05) is 35.2 Å². The third-order valence-electron chi connectivity index (χ3n) is 2.46. The highest BCUT2D eigenvalue weighted by atomic mass is 16.2. The minimum Gasteiger partial charge on any atom is -0.303 e. The van der Waals surface area contributed by atoms with Gasteiger partial charge < -0.3 is 5.01 Å². The number of hydrazine groups is 1. The van der Waals surface area contributed by atoms with E-state index in [2.05, 4.69) is 5.10 Å². The first-order valence-electron chi connectivity index (χ1n) is 4.85. The quantitative estimate of drug-likeness (QED) is 0.461. The second kappa shape index (κ2) is 4.48. The van der Waals surface area contributed by atoms with Gasteiger partial charge in [0.05, 0.1) is 6.21 Å². The second-order valence-corrected chi connectivity index (χ2v) is 3.83. The van der Waals surface area contributed by atoms with Crippen molar-refractivity contribution in [3.8, 4) is 0 Å². The van der Waals surface area contributed by atoms with Gasteiger partial charge in [0.2, 0.25) is 0 Å². The number of nitrogens with zero attached hydrogens (tertiary/aromatic N) is 5. The molecule has 0 aromatic carbocycles. The smallest absolute Gasteiger partial charge is 0.303 e. The fraction of sp³-hybridized carbons (Fsp3) is 0.667. The second-order valence-electron chi connectivity index (χ2n) is 3.83. The number of hydrazone groups is 1. The maximum atomic E-state index is 11.8. The Balaban J connectivity index is 2.91. The predicted octanol–water partition coefficient (Wildman–Crippen LogP) is -0.727. The molecule has 0 unspecified atom stereocenters. The van der Waals surface area contributed by atoms with Gasteiger partial charge in [0, 0.05) is 35.2 Å². The van der Waals surface area contributed by atoms with Gasteiger partial charge in [-0.3, -0.25) is 14.7 Å². The summed E-state index contributed by atoms with van der Waals surface area (Å²) in [4.78, 5) is 24.5. The van der Waals surface area contributed by atoms with Crippen molar-refractivity contribution in [2.45, 2.75) is 6.04 Å². The zero-order valence-corrected chi connectivity index (χ0v) is 10.2. The molecule has 1 saturated heterocycles. The van der Waals surface area contributed by atoms with E-state index in [9.17, 15) is 9.59 Å². The molecule has 16 heavy (non-hydrogen) atoms. The zero-order chi connectivity index (χ0) is 12.5. The van der Waals surface area contributed by atoms with E-state index in [1.165, 1.54) is 18.3 Å². The molecule has 1 aliphatic rings. The highest BCUT2D eigenvalue weighted by Crippen LogP contribution is 2.12. The van der Waals surface area contributed by atoms with Gasteiger partial charge in [0.1, 0.15) is 6.04 Å². The number of likely N-dealkylation sites (N-methyl/N-ethyl adjacent to an activating group) is 2. The maximum absolute atomic E-state index is 11.8. The molecule has 0 radical (unpaired) electrons. The van der Waals surface area contributed by atoms with Crippen molar-refractivity contribution in [1.29, 1.82) is 0 Å². The van der Waals surface area contributed by atoms with Gasteiger partial charge in [-0.15, -0.1) is 0 Å². The van der Waals surface area contributed by atoms with Gasteiger partial charge >= 0.3 is 6.03 Å². The Hall–Kier alpha value is -1.63. The van der Waals surface area contributed by atoms with Gasteiger partial charge in [-0.2, -0.15) is 5.10 Å². The first-order valence-corrected chi connectivity index (χ1v) is 4.85. The molecule has 0 saturated carbocycles. The lowest BCUT2D eigenvalue weighted by atomic mass is 10.2. The molecular weight excluding hydrogens is 210 g/mol. The van der Waals surface area contributed by atoms with Crippen molar-refractivity contribution in [2.24, 2.45) is 5.10 Å². The highest BCUT2D eigenvalue weighted by molar-refractivity contribution is 6.06. The summed E-state index contributed by atoms with van der Waals surface area (Å²) >= 11 is 0. The topological polar surface area (TPSA) is 59.5 Å². The number of hydrogen-bond acceptors (Lipinski definition) is 5. The monoisotopic (exact) mass is 227 g/mol. The van der Waals surface area contributed by atoms with Crippen LogP contribution in [0.25, 0.3) is 0 Å². The largest absolute Gasteiger partial charge is 0.340 e. The van der Waals surface area contributed by atoms with Gasteiger partial charge in [0.25, 0.3) is 5.91 Å². The summed E-state index contributed by atoms with van der Waals surface area (Å²) < 4.78 is 0. The molecule has 7 heteroatoms. The molecule has 1 fully saturated rings. The number of carbonyl (C=O) groups excluding carboxylic acids is 2.